The molecule has 2 N–H and O–H groups in total. The van der Waals surface area contributed by atoms with Crippen molar-refractivity contribution in [2.24, 2.45) is 0 Å². The first-order valence-electron chi connectivity index (χ1n) is 4.82. The van der Waals surface area contributed by atoms with Gasteiger partial charge in [-0.2, -0.15) is 0 Å². The quantitative estimate of drug-likeness (QED) is 0.820. The fourth-order valence-corrected chi connectivity index (χ4v) is 1.48. The SMILES string of the molecule is O=C(O)C(O)c1ccc(-n2cccc2)cc1. The predicted molar refractivity (Wildman–Crippen MR) is 58.4 cm³/mol. The molecule has 0 aliphatic rings. The Labute approximate surface area is 92.4 Å². The molecule has 0 bridgehead atoms. The normalized spacial score (nSPS) is 12.3. The number of aliphatic hydroxyl groups excluding tert-OH is 1. The molecular weight excluding hydrogens is 206 g/mol. The van der Waals surface area contributed by atoms with Gasteiger partial charge in [0.2, 0.25) is 0 Å². The van der Waals surface area contributed by atoms with E-state index in [1.165, 1.54) is 0 Å². The van der Waals surface area contributed by atoms with Crippen LogP contribution in [-0.2, 0) is 4.79 Å². The second-order valence-corrected chi connectivity index (χ2v) is 3.42. The van der Waals surface area contributed by atoms with Gasteiger partial charge in [0.15, 0.2) is 6.10 Å². The Hall–Kier alpha value is -2.07. The summed E-state index contributed by atoms with van der Waals surface area (Å²) >= 11 is 0. The first kappa shape index (κ1) is 10.4. The maximum atomic E-state index is 10.6. The molecule has 1 unspecified atom stereocenters. The lowest BCUT2D eigenvalue weighted by atomic mass is 10.1. The maximum absolute atomic E-state index is 10.6. The van der Waals surface area contributed by atoms with Crippen molar-refractivity contribution in [1.29, 1.82) is 0 Å². The second-order valence-electron chi connectivity index (χ2n) is 3.42. The van der Waals surface area contributed by atoms with E-state index >= 15 is 0 Å². The van der Waals surface area contributed by atoms with Crippen LogP contribution < -0.4 is 0 Å². The number of carboxylic acid groups (broad SMARTS) is 1. The zero-order chi connectivity index (χ0) is 11.5. The molecule has 1 heterocycles. The molecule has 0 saturated carbocycles. The number of aliphatic carboxylic acids is 1. The largest absolute Gasteiger partial charge is 0.479 e. The minimum Gasteiger partial charge on any atom is -0.479 e. The van der Waals surface area contributed by atoms with E-state index in [1.54, 1.807) is 24.3 Å². The van der Waals surface area contributed by atoms with E-state index in [0.717, 1.165) is 5.69 Å². The van der Waals surface area contributed by atoms with Gasteiger partial charge in [0.25, 0.3) is 0 Å². The predicted octanol–water partition coefficient (Wildman–Crippen LogP) is 1.60. The Bertz CT molecular complexity index is 473. The number of aromatic nitrogens is 1. The molecule has 0 aliphatic carbocycles. The van der Waals surface area contributed by atoms with E-state index in [2.05, 4.69) is 0 Å². The topological polar surface area (TPSA) is 62.5 Å². The Kier molecular flexibility index (Phi) is 2.74. The van der Waals surface area contributed by atoms with Crippen LogP contribution in [0, 0.1) is 0 Å². The van der Waals surface area contributed by atoms with E-state index in [-0.39, 0.29) is 0 Å². The molecule has 4 heteroatoms. The molecule has 0 spiro atoms. The molecule has 16 heavy (non-hydrogen) atoms. The van der Waals surface area contributed by atoms with Crippen LogP contribution in [-0.4, -0.2) is 20.7 Å². The molecule has 1 atom stereocenters. The number of nitrogens with zero attached hydrogens (tertiary/aromatic N) is 1. The van der Waals surface area contributed by atoms with Crippen molar-refractivity contribution in [2.75, 3.05) is 0 Å². The van der Waals surface area contributed by atoms with E-state index in [4.69, 9.17) is 5.11 Å². The Balaban J connectivity index is 2.26. The number of carboxylic acids is 1. The zero-order valence-corrected chi connectivity index (χ0v) is 8.45. The average Bonchev–Trinajstić information content (AvgIpc) is 2.81. The van der Waals surface area contributed by atoms with Gasteiger partial charge in [0.1, 0.15) is 0 Å². The summed E-state index contributed by atoms with van der Waals surface area (Å²) in [6.07, 6.45) is 2.32. The highest BCUT2D eigenvalue weighted by Gasteiger charge is 2.15. The smallest absolute Gasteiger partial charge is 0.337 e. The van der Waals surface area contributed by atoms with E-state index in [1.807, 2.05) is 29.1 Å². The van der Waals surface area contributed by atoms with Crippen LogP contribution in [0.4, 0.5) is 0 Å². The lowest BCUT2D eigenvalue weighted by molar-refractivity contribution is -0.146. The van der Waals surface area contributed by atoms with Crippen LogP contribution >= 0.6 is 0 Å². The van der Waals surface area contributed by atoms with Gasteiger partial charge in [-0.15, -0.1) is 0 Å². The molecule has 2 rings (SSSR count). The molecule has 82 valence electrons. The fourth-order valence-electron chi connectivity index (χ4n) is 1.48. The lowest BCUT2D eigenvalue weighted by Gasteiger charge is -2.07. The lowest BCUT2D eigenvalue weighted by Crippen LogP contribution is -2.10. The standard InChI is InChI=1S/C12H11NO3/c14-11(12(15)16)9-3-5-10(6-4-9)13-7-1-2-8-13/h1-8,11,14H,(H,15,16). The first-order chi connectivity index (χ1) is 7.68. The van der Waals surface area contributed by atoms with Crippen molar-refractivity contribution in [3.05, 3.63) is 54.4 Å². The van der Waals surface area contributed by atoms with Crippen molar-refractivity contribution in [2.45, 2.75) is 6.10 Å². The fraction of sp³-hybridized carbons (Fsp3) is 0.0833. The number of benzene rings is 1. The summed E-state index contributed by atoms with van der Waals surface area (Å²) in [5.41, 5.74) is 1.30. The summed E-state index contributed by atoms with van der Waals surface area (Å²) in [5.74, 6) is -1.24. The van der Waals surface area contributed by atoms with Crippen LogP contribution in [0.15, 0.2) is 48.8 Å². The molecule has 0 amide bonds. The molecule has 0 aliphatic heterocycles. The van der Waals surface area contributed by atoms with Gasteiger partial charge in [-0.1, -0.05) is 12.1 Å². The highest BCUT2D eigenvalue weighted by molar-refractivity contribution is 5.74. The van der Waals surface area contributed by atoms with Gasteiger partial charge >= 0.3 is 5.97 Å². The molecule has 1 aromatic heterocycles. The summed E-state index contributed by atoms with van der Waals surface area (Å²) in [5, 5.41) is 17.9. The van der Waals surface area contributed by atoms with Gasteiger partial charge in [-0.3, -0.25) is 0 Å². The minimum absolute atomic E-state index is 0.378. The highest BCUT2D eigenvalue weighted by atomic mass is 16.4. The van der Waals surface area contributed by atoms with Gasteiger partial charge in [-0.05, 0) is 29.8 Å². The molecule has 0 saturated heterocycles. The molecule has 4 nitrogen and oxygen atoms in total. The Morgan fingerprint density at radius 3 is 2.19 bits per heavy atom. The maximum Gasteiger partial charge on any atom is 0.337 e. The summed E-state index contributed by atoms with van der Waals surface area (Å²) < 4.78 is 1.90. The summed E-state index contributed by atoms with van der Waals surface area (Å²) in [6, 6.07) is 10.5. The third-order valence-corrected chi connectivity index (χ3v) is 2.35. The monoisotopic (exact) mass is 217 g/mol. The second kappa shape index (κ2) is 4.20. The number of hydrogen-bond donors (Lipinski definition) is 2. The Morgan fingerprint density at radius 2 is 1.69 bits per heavy atom. The first-order valence-corrected chi connectivity index (χ1v) is 4.82. The number of hydrogen-bond acceptors (Lipinski definition) is 2. The summed E-state index contributed by atoms with van der Waals surface area (Å²) in [7, 11) is 0. The minimum atomic E-state index is -1.46. The van der Waals surface area contributed by atoms with Crippen molar-refractivity contribution in [3.8, 4) is 5.69 Å². The van der Waals surface area contributed by atoms with Crippen LogP contribution in [0.1, 0.15) is 11.7 Å². The van der Waals surface area contributed by atoms with Crippen molar-refractivity contribution in [3.63, 3.8) is 0 Å². The third-order valence-electron chi connectivity index (χ3n) is 2.35. The van der Waals surface area contributed by atoms with Gasteiger partial charge in [0, 0.05) is 18.1 Å². The number of rotatable bonds is 3. The summed E-state index contributed by atoms with van der Waals surface area (Å²) in [6.45, 7) is 0. The van der Waals surface area contributed by atoms with E-state index < -0.39 is 12.1 Å². The van der Waals surface area contributed by atoms with Gasteiger partial charge in [-0.25, -0.2) is 4.79 Å². The van der Waals surface area contributed by atoms with Gasteiger partial charge < -0.3 is 14.8 Å². The molecular formula is C12H11NO3. The molecule has 2 aromatic rings. The van der Waals surface area contributed by atoms with Crippen LogP contribution in [0.5, 0.6) is 0 Å². The van der Waals surface area contributed by atoms with Crippen molar-refractivity contribution >= 4 is 5.97 Å². The number of aliphatic hydroxyl groups is 1. The average molecular weight is 217 g/mol. The van der Waals surface area contributed by atoms with Crippen molar-refractivity contribution < 1.29 is 15.0 Å². The van der Waals surface area contributed by atoms with Gasteiger partial charge in [0.05, 0.1) is 0 Å². The van der Waals surface area contributed by atoms with Crippen molar-refractivity contribution in [1.82, 2.24) is 4.57 Å². The van der Waals surface area contributed by atoms with E-state index in [9.17, 15) is 9.90 Å². The van der Waals surface area contributed by atoms with E-state index in [0.29, 0.717) is 5.56 Å². The molecule has 1 aromatic carbocycles. The van der Waals surface area contributed by atoms with Crippen LogP contribution in [0.25, 0.3) is 5.69 Å². The van der Waals surface area contributed by atoms with Crippen LogP contribution in [0.3, 0.4) is 0 Å². The Morgan fingerprint density at radius 1 is 1.12 bits per heavy atom. The van der Waals surface area contributed by atoms with Crippen LogP contribution in [0.2, 0.25) is 0 Å². The molecule has 0 fully saturated rings. The zero-order valence-electron chi connectivity index (χ0n) is 8.45. The third kappa shape index (κ3) is 1.97. The summed E-state index contributed by atoms with van der Waals surface area (Å²) in [4.78, 5) is 10.6. The highest BCUT2D eigenvalue weighted by Crippen LogP contribution is 2.16. The molecule has 0 radical (unpaired) electrons. The number of carbonyl (C=O) groups is 1.